The van der Waals surface area contributed by atoms with E-state index in [1.54, 1.807) is 12.1 Å². The number of rotatable bonds is 5. The van der Waals surface area contributed by atoms with Crippen molar-refractivity contribution in [3.63, 3.8) is 0 Å². The lowest BCUT2D eigenvalue weighted by Crippen LogP contribution is -2.26. The van der Waals surface area contributed by atoms with Gasteiger partial charge in [0.2, 0.25) is 5.82 Å². The monoisotopic (exact) mass is 325 g/mol. The van der Waals surface area contributed by atoms with E-state index in [1.807, 2.05) is 31.2 Å². The molecule has 24 heavy (non-hydrogen) atoms. The minimum Gasteiger partial charge on any atom is -0.347 e. The summed E-state index contributed by atoms with van der Waals surface area (Å²) < 4.78 is 17.8. The average molecular weight is 325 g/mol. The zero-order chi connectivity index (χ0) is 16.9. The van der Waals surface area contributed by atoms with Gasteiger partial charge in [-0.25, -0.2) is 4.39 Å². The van der Waals surface area contributed by atoms with E-state index in [-0.39, 0.29) is 11.7 Å². The molecule has 0 aliphatic carbocycles. The fourth-order valence-electron chi connectivity index (χ4n) is 2.26. The maximum atomic E-state index is 12.8. The van der Waals surface area contributed by atoms with Gasteiger partial charge in [0.15, 0.2) is 0 Å². The summed E-state index contributed by atoms with van der Waals surface area (Å²) in [7, 11) is 0. The topological polar surface area (TPSA) is 68.0 Å². The molecule has 2 aromatic carbocycles. The second-order valence-corrected chi connectivity index (χ2v) is 5.42. The molecule has 6 heteroatoms. The largest absolute Gasteiger partial charge is 0.347 e. The van der Waals surface area contributed by atoms with Crippen LogP contribution in [0.3, 0.4) is 0 Å². The SMILES string of the molecule is Cc1cccc(-c2noc(C(=O)NCCc3ccc(F)cc3)n2)c1. The van der Waals surface area contributed by atoms with Crippen LogP contribution in [-0.2, 0) is 6.42 Å². The Kier molecular flexibility index (Phi) is 4.65. The number of aromatic nitrogens is 2. The fourth-order valence-corrected chi connectivity index (χ4v) is 2.26. The van der Waals surface area contributed by atoms with Gasteiger partial charge in [-0.2, -0.15) is 4.98 Å². The first-order chi connectivity index (χ1) is 11.6. The van der Waals surface area contributed by atoms with Gasteiger partial charge in [-0.3, -0.25) is 4.79 Å². The van der Waals surface area contributed by atoms with E-state index in [9.17, 15) is 9.18 Å². The minimum absolute atomic E-state index is 0.0781. The molecular formula is C18H16FN3O2. The van der Waals surface area contributed by atoms with Crippen molar-refractivity contribution >= 4 is 5.91 Å². The smallest absolute Gasteiger partial charge is 0.316 e. The molecule has 0 bridgehead atoms. The molecule has 0 saturated heterocycles. The molecule has 3 rings (SSSR count). The highest BCUT2D eigenvalue weighted by atomic mass is 19.1. The first kappa shape index (κ1) is 15.9. The van der Waals surface area contributed by atoms with Crippen LogP contribution in [-0.4, -0.2) is 22.6 Å². The second-order valence-electron chi connectivity index (χ2n) is 5.42. The first-order valence-corrected chi connectivity index (χ1v) is 7.55. The molecule has 0 aliphatic rings. The van der Waals surface area contributed by atoms with E-state index >= 15 is 0 Å². The average Bonchev–Trinajstić information content (AvgIpc) is 3.07. The molecule has 122 valence electrons. The third kappa shape index (κ3) is 3.84. The van der Waals surface area contributed by atoms with Gasteiger partial charge in [-0.15, -0.1) is 0 Å². The Hall–Kier alpha value is -3.02. The second kappa shape index (κ2) is 7.04. The van der Waals surface area contributed by atoms with Crippen molar-refractivity contribution in [2.45, 2.75) is 13.3 Å². The van der Waals surface area contributed by atoms with Gasteiger partial charge in [-0.05, 0) is 37.1 Å². The third-order valence-electron chi connectivity index (χ3n) is 3.51. The van der Waals surface area contributed by atoms with Crippen LogP contribution < -0.4 is 5.32 Å². The Balaban J connectivity index is 1.58. The normalized spacial score (nSPS) is 10.6. The first-order valence-electron chi connectivity index (χ1n) is 7.55. The molecule has 0 aliphatic heterocycles. The third-order valence-corrected chi connectivity index (χ3v) is 3.51. The summed E-state index contributed by atoms with van der Waals surface area (Å²) >= 11 is 0. The number of halogens is 1. The van der Waals surface area contributed by atoms with E-state index in [4.69, 9.17) is 4.52 Å². The highest BCUT2D eigenvalue weighted by Crippen LogP contribution is 2.16. The summed E-state index contributed by atoms with van der Waals surface area (Å²) in [6.45, 7) is 2.36. The van der Waals surface area contributed by atoms with Crippen molar-refractivity contribution < 1.29 is 13.7 Å². The van der Waals surface area contributed by atoms with Crippen molar-refractivity contribution in [2.75, 3.05) is 6.54 Å². The predicted octanol–water partition coefficient (Wildman–Crippen LogP) is 3.16. The Morgan fingerprint density at radius 2 is 2.00 bits per heavy atom. The quantitative estimate of drug-likeness (QED) is 0.782. The molecule has 3 aromatic rings. The number of nitrogens with zero attached hydrogens (tertiary/aromatic N) is 2. The molecule has 1 amide bonds. The maximum Gasteiger partial charge on any atom is 0.316 e. The van der Waals surface area contributed by atoms with Crippen molar-refractivity contribution in [1.82, 2.24) is 15.5 Å². The van der Waals surface area contributed by atoms with Gasteiger partial charge >= 0.3 is 11.8 Å². The van der Waals surface area contributed by atoms with Gasteiger partial charge in [0.05, 0.1) is 0 Å². The van der Waals surface area contributed by atoms with Crippen molar-refractivity contribution in [3.8, 4) is 11.4 Å². The molecule has 0 unspecified atom stereocenters. The summed E-state index contributed by atoms with van der Waals surface area (Å²) in [6, 6.07) is 13.8. The highest BCUT2D eigenvalue weighted by molar-refractivity contribution is 5.89. The number of amides is 1. The molecule has 1 heterocycles. The van der Waals surface area contributed by atoms with Crippen LogP contribution in [0.4, 0.5) is 4.39 Å². The molecule has 1 aromatic heterocycles. The standard InChI is InChI=1S/C18H16FN3O2/c1-12-3-2-4-14(11-12)16-21-18(24-22-16)17(23)20-10-9-13-5-7-15(19)8-6-13/h2-8,11H,9-10H2,1H3,(H,20,23). The van der Waals surface area contributed by atoms with Crippen LogP contribution in [0.2, 0.25) is 0 Å². The summed E-state index contributed by atoms with van der Waals surface area (Å²) in [5, 5.41) is 6.55. The molecule has 0 fully saturated rings. The molecule has 0 radical (unpaired) electrons. The van der Waals surface area contributed by atoms with Crippen LogP contribution in [0.25, 0.3) is 11.4 Å². The van der Waals surface area contributed by atoms with E-state index in [2.05, 4.69) is 15.5 Å². The number of carbonyl (C=O) groups excluding carboxylic acids is 1. The van der Waals surface area contributed by atoms with Crippen LogP contribution >= 0.6 is 0 Å². The van der Waals surface area contributed by atoms with E-state index in [0.717, 1.165) is 16.7 Å². The molecule has 1 N–H and O–H groups in total. The van der Waals surface area contributed by atoms with E-state index in [0.29, 0.717) is 18.8 Å². The Bertz CT molecular complexity index is 843. The molecule has 5 nitrogen and oxygen atoms in total. The molecule has 0 saturated carbocycles. The zero-order valence-corrected chi connectivity index (χ0v) is 13.1. The highest BCUT2D eigenvalue weighted by Gasteiger charge is 2.15. The number of nitrogens with one attached hydrogen (secondary N) is 1. The van der Waals surface area contributed by atoms with Gasteiger partial charge in [0, 0.05) is 12.1 Å². The number of benzene rings is 2. The summed E-state index contributed by atoms with van der Waals surface area (Å²) in [5.74, 6) is -0.408. The number of hydrogen-bond acceptors (Lipinski definition) is 4. The van der Waals surface area contributed by atoms with E-state index < -0.39 is 5.91 Å². The number of carbonyl (C=O) groups is 1. The van der Waals surface area contributed by atoms with Gasteiger partial charge in [-0.1, -0.05) is 41.1 Å². The minimum atomic E-state index is -0.427. The maximum absolute atomic E-state index is 12.8. The van der Waals surface area contributed by atoms with Crippen LogP contribution in [0.1, 0.15) is 21.8 Å². The van der Waals surface area contributed by atoms with E-state index in [1.165, 1.54) is 12.1 Å². The lowest BCUT2D eigenvalue weighted by Gasteiger charge is -2.02. The lowest BCUT2D eigenvalue weighted by atomic mass is 10.1. The van der Waals surface area contributed by atoms with Crippen LogP contribution in [0.15, 0.2) is 53.1 Å². The van der Waals surface area contributed by atoms with Crippen molar-refractivity contribution in [2.24, 2.45) is 0 Å². The summed E-state index contributed by atoms with van der Waals surface area (Å²) in [6.07, 6.45) is 0.588. The van der Waals surface area contributed by atoms with Gasteiger partial charge < -0.3 is 9.84 Å². The Morgan fingerprint density at radius 1 is 1.21 bits per heavy atom. The van der Waals surface area contributed by atoms with Crippen molar-refractivity contribution in [1.29, 1.82) is 0 Å². The summed E-state index contributed by atoms with van der Waals surface area (Å²) in [4.78, 5) is 16.2. The van der Waals surface area contributed by atoms with Crippen LogP contribution in [0.5, 0.6) is 0 Å². The number of hydrogen-bond donors (Lipinski definition) is 1. The Labute approximate surface area is 138 Å². The lowest BCUT2D eigenvalue weighted by molar-refractivity contribution is 0.0910. The predicted molar refractivity (Wildman–Crippen MR) is 86.9 cm³/mol. The zero-order valence-electron chi connectivity index (χ0n) is 13.1. The van der Waals surface area contributed by atoms with Crippen LogP contribution in [0, 0.1) is 12.7 Å². The Morgan fingerprint density at radius 3 is 2.75 bits per heavy atom. The fraction of sp³-hybridized carbons (Fsp3) is 0.167. The van der Waals surface area contributed by atoms with Gasteiger partial charge in [0.25, 0.3) is 0 Å². The van der Waals surface area contributed by atoms with Crippen molar-refractivity contribution in [3.05, 3.63) is 71.4 Å². The molecule has 0 spiro atoms. The molecule has 0 atom stereocenters. The number of aryl methyl sites for hydroxylation is 1. The summed E-state index contributed by atoms with van der Waals surface area (Å²) in [5.41, 5.74) is 2.80. The van der Waals surface area contributed by atoms with Gasteiger partial charge in [0.1, 0.15) is 5.82 Å². The molecular weight excluding hydrogens is 309 g/mol.